The maximum Gasteiger partial charge on any atom is 0.339 e. The van der Waals surface area contributed by atoms with Crippen LogP contribution >= 0.6 is 0 Å². The number of rotatable bonds is 15. The van der Waals surface area contributed by atoms with E-state index < -0.39 is 11.9 Å². The molecule has 0 fully saturated rings. The lowest BCUT2D eigenvalue weighted by molar-refractivity contribution is 0.0487. The summed E-state index contributed by atoms with van der Waals surface area (Å²) in [5, 5.41) is 9.10. The molecule has 0 amide bonds. The van der Waals surface area contributed by atoms with Crippen molar-refractivity contribution in [1.82, 2.24) is 0 Å². The first-order valence-corrected chi connectivity index (χ1v) is 10.3. The minimum atomic E-state index is -1.11. The summed E-state index contributed by atoms with van der Waals surface area (Å²) in [4.78, 5) is 23.1. The van der Waals surface area contributed by atoms with E-state index in [1.54, 1.807) is 12.1 Å². The minimum absolute atomic E-state index is 0.0114. The molecular formula is C23H34O4. The molecule has 4 nitrogen and oxygen atoms in total. The zero-order valence-electron chi connectivity index (χ0n) is 16.6. The first-order chi connectivity index (χ1) is 13.2. The van der Waals surface area contributed by atoms with E-state index in [4.69, 9.17) is 9.84 Å². The first kappa shape index (κ1) is 22.9. The molecule has 1 rings (SSSR count). The Bertz CT molecular complexity index is 577. The highest BCUT2D eigenvalue weighted by molar-refractivity contribution is 6.02. The molecule has 1 aromatic rings. The van der Waals surface area contributed by atoms with Gasteiger partial charge in [-0.15, -0.1) is 0 Å². The van der Waals surface area contributed by atoms with Gasteiger partial charge in [-0.2, -0.15) is 0 Å². The number of hydrogen-bond acceptors (Lipinski definition) is 3. The van der Waals surface area contributed by atoms with Crippen LogP contribution in [0.3, 0.4) is 0 Å². The van der Waals surface area contributed by atoms with Crippen LogP contribution in [0.15, 0.2) is 36.4 Å². The lowest BCUT2D eigenvalue weighted by Crippen LogP contribution is -2.12. The van der Waals surface area contributed by atoms with E-state index in [1.165, 1.54) is 63.5 Å². The van der Waals surface area contributed by atoms with Crippen molar-refractivity contribution in [1.29, 1.82) is 0 Å². The van der Waals surface area contributed by atoms with Crippen molar-refractivity contribution in [2.75, 3.05) is 6.61 Å². The number of hydrogen-bond donors (Lipinski definition) is 1. The van der Waals surface area contributed by atoms with Crippen LogP contribution in [-0.2, 0) is 4.74 Å². The number of ether oxygens (including phenoxy) is 1. The molecule has 1 aromatic carbocycles. The summed E-state index contributed by atoms with van der Waals surface area (Å²) in [5.41, 5.74) is 0.108. The van der Waals surface area contributed by atoms with Gasteiger partial charge in [0.05, 0.1) is 17.7 Å². The summed E-state index contributed by atoms with van der Waals surface area (Å²) >= 11 is 0. The van der Waals surface area contributed by atoms with Crippen LogP contribution in [-0.4, -0.2) is 23.7 Å². The van der Waals surface area contributed by atoms with Crippen molar-refractivity contribution < 1.29 is 19.4 Å². The monoisotopic (exact) mass is 374 g/mol. The Morgan fingerprint density at radius 3 is 2.04 bits per heavy atom. The molecule has 0 aliphatic carbocycles. The van der Waals surface area contributed by atoms with E-state index in [1.807, 2.05) is 0 Å². The molecule has 1 N–H and O–H groups in total. The zero-order chi connectivity index (χ0) is 19.7. The Morgan fingerprint density at radius 2 is 1.41 bits per heavy atom. The van der Waals surface area contributed by atoms with Gasteiger partial charge >= 0.3 is 11.9 Å². The summed E-state index contributed by atoms with van der Waals surface area (Å²) < 4.78 is 5.21. The Balaban J connectivity index is 2.01. The second-order valence-corrected chi connectivity index (χ2v) is 6.86. The fourth-order valence-electron chi connectivity index (χ4n) is 2.90. The van der Waals surface area contributed by atoms with E-state index in [0.29, 0.717) is 6.61 Å². The Hall–Kier alpha value is -2.10. The Labute approximate surface area is 163 Å². The lowest BCUT2D eigenvalue weighted by atomic mass is 10.1. The van der Waals surface area contributed by atoms with Crippen LogP contribution in [0, 0.1) is 0 Å². The average Bonchev–Trinajstić information content (AvgIpc) is 2.68. The molecule has 0 atom stereocenters. The molecule has 0 bridgehead atoms. The van der Waals surface area contributed by atoms with E-state index >= 15 is 0 Å². The number of benzene rings is 1. The molecule has 0 saturated carbocycles. The maximum atomic E-state index is 12.0. The molecule has 150 valence electrons. The van der Waals surface area contributed by atoms with Gasteiger partial charge in [-0.05, 0) is 37.8 Å². The summed E-state index contributed by atoms with van der Waals surface area (Å²) in [6, 6.07) is 6.15. The largest absolute Gasteiger partial charge is 0.478 e. The Morgan fingerprint density at radius 1 is 0.852 bits per heavy atom. The molecule has 0 aliphatic heterocycles. The van der Waals surface area contributed by atoms with Crippen LogP contribution in [0.2, 0.25) is 0 Å². The van der Waals surface area contributed by atoms with Gasteiger partial charge in [-0.25, -0.2) is 9.59 Å². The molecule has 4 heteroatoms. The van der Waals surface area contributed by atoms with Crippen LogP contribution < -0.4 is 0 Å². The number of unbranched alkanes of at least 4 members (excludes halogenated alkanes) is 9. The highest BCUT2D eigenvalue weighted by Crippen LogP contribution is 2.12. The second-order valence-electron chi connectivity index (χ2n) is 6.86. The number of allylic oxidation sites excluding steroid dienone is 2. The molecule has 0 heterocycles. The minimum Gasteiger partial charge on any atom is -0.478 e. The second kappa shape index (κ2) is 15.0. The smallest absolute Gasteiger partial charge is 0.339 e. The Kier molecular flexibility index (Phi) is 12.7. The van der Waals surface area contributed by atoms with Crippen LogP contribution in [0.5, 0.6) is 0 Å². The van der Waals surface area contributed by atoms with E-state index in [2.05, 4.69) is 19.1 Å². The molecule has 0 unspecified atom stereocenters. The summed E-state index contributed by atoms with van der Waals surface area (Å²) in [5.74, 6) is -1.67. The zero-order valence-corrected chi connectivity index (χ0v) is 16.6. The summed E-state index contributed by atoms with van der Waals surface area (Å²) in [6.07, 6.45) is 17.6. The number of carboxylic acid groups (broad SMARTS) is 1. The third kappa shape index (κ3) is 10.6. The highest BCUT2D eigenvalue weighted by atomic mass is 16.5. The summed E-state index contributed by atoms with van der Waals surface area (Å²) in [6.45, 7) is 2.56. The fraction of sp³-hybridized carbons (Fsp3) is 0.565. The van der Waals surface area contributed by atoms with Crippen LogP contribution in [0.1, 0.15) is 98.3 Å². The quantitative estimate of drug-likeness (QED) is 0.219. The van der Waals surface area contributed by atoms with E-state index in [0.717, 1.165) is 19.3 Å². The predicted molar refractivity (Wildman–Crippen MR) is 109 cm³/mol. The van der Waals surface area contributed by atoms with Crippen molar-refractivity contribution in [3.05, 3.63) is 47.5 Å². The van der Waals surface area contributed by atoms with Crippen LogP contribution in [0.4, 0.5) is 0 Å². The number of carbonyl (C=O) groups is 2. The molecule has 0 spiro atoms. The molecule has 0 aliphatic rings. The van der Waals surface area contributed by atoms with Gasteiger partial charge in [0.1, 0.15) is 0 Å². The number of carbonyl (C=O) groups excluding carboxylic acids is 1. The van der Waals surface area contributed by atoms with Crippen molar-refractivity contribution >= 4 is 11.9 Å². The third-order valence-electron chi connectivity index (χ3n) is 4.52. The maximum absolute atomic E-state index is 12.0. The van der Waals surface area contributed by atoms with Gasteiger partial charge in [0.25, 0.3) is 0 Å². The van der Waals surface area contributed by atoms with Gasteiger partial charge in [0.15, 0.2) is 0 Å². The first-order valence-electron chi connectivity index (χ1n) is 10.3. The SMILES string of the molecule is CCCC/C=C/CCCCCCCCCOC(=O)c1ccccc1C(=O)O. The molecule has 27 heavy (non-hydrogen) atoms. The number of aromatic carboxylic acids is 1. The van der Waals surface area contributed by atoms with Gasteiger partial charge in [-0.1, -0.05) is 76.2 Å². The topological polar surface area (TPSA) is 63.6 Å². The number of esters is 1. The highest BCUT2D eigenvalue weighted by Gasteiger charge is 2.16. The predicted octanol–water partition coefficient (Wildman–Crippen LogP) is 6.41. The van der Waals surface area contributed by atoms with Crippen molar-refractivity contribution in [3.8, 4) is 0 Å². The molecule has 0 saturated heterocycles. The van der Waals surface area contributed by atoms with Gasteiger partial charge in [0.2, 0.25) is 0 Å². The van der Waals surface area contributed by atoms with E-state index in [9.17, 15) is 9.59 Å². The van der Waals surface area contributed by atoms with Crippen molar-refractivity contribution in [2.45, 2.75) is 77.6 Å². The lowest BCUT2D eigenvalue weighted by Gasteiger charge is -2.07. The third-order valence-corrected chi connectivity index (χ3v) is 4.52. The van der Waals surface area contributed by atoms with Crippen molar-refractivity contribution in [2.24, 2.45) is 0 Å². The van der Waals surface area contributed by atoms with Gasteiger partial charge < -0.3 is 9.84 Å². The molecular weight excluding hydrogens is 340 g/mol. The van der Waals surface area contributed by atoms with Gasteiger partial charge in [-0.3, -0.25) is 0 Å². The van der Waals surface area contributed by atoms with E-state index in [-0.39, 0.29) is 11.1 Å². The molecule has 0 aromatic heterocycles. The number of carboxylic acids is 1. The van der Waals surface area contributed by atoms with Crippen LogP contribution in [0.25, 0.3) is 0 Å². The van der Waals surface area contributed by atoms with Crippen molar-refractivity contribution in [3.63, 3.8) is 0 Å². The average molecular weight is 375 g/mol. The van der Waals surface area contributed by atoms with Gasteiger partial charge in [0, 0.05) is 0 Å². The normalized spacial score (nSPS) is 11.0. The summed E-state index contributed by atoms with van der Waals surface area (Å²) in [7, 11) is 0. The molecule has 0 radical (unpaired) electrons. The fourth-order valence-corrected chi connectivity index (χ4v) is 2.90. The standard InChI is InChI=1S/C23H34O4/c1-2-3-4-5-6-7-8-9-10-11-12-13-16-19-27-23(26)21-18-15-14-17-20(21)22(24)25/h5-6,14-15,17-18H,2-4,7-13,16,19H2,1H3,(H,24,25)/b6-5+.